The Hall–Kier alpha value is -2.08. The van der Waals surface area contributed by atoms with E-state index in [2.05, 4.69) is 50.2 Å². The quantitative estimate of drug-likeness (QED) is 0.584. The number of rotatable bonds is 4. The standard InChI is InChI=1S/C23H23BrClN3O/c1-27-10-12-28(13-11-27)22-9-8-21(24)19-7-4-17(14-20(19)22)23(29)26-15-16-2-5-18(25)6-3-16/h2-9,14H,10-13,15H2,1H3,(H,26,29). The van der Waals surface area contributed by atoms with Crippen LogP contribution in [0.15, 0.2) is 59.1 Å². The number of likely N-dealkylation sites (N-methyl/N-ethyl adjacent to an activating group) is 1. The molecular weight excluding hydrogens is 450 g/mol. The van der Waals surface area contributed by atoms with E-state index in [1.54, 1.807) is 0 Å². The van der Waals surface area contributed by atoms with Crippen LogP contribution in [0.2, 0.25) is 5.02 Å². The van der Waals surface area contributed by atoms with Crippen molar-refractivity contribution in [3.63, 3.8) is 0 Å². The minimum atomic E-state index is -0.0776. The highest BCUT2D eigenvalue weighted by atomic mass is 79.9. The van der Waals surface area contributed by atoms with Crippen LogP contribution in [0.3, 0.4) is 0 Å². The molecule has 1 amide bonds. The molecule has 0 bridgehead atoms. The lowest BCUT2D eigenvalue weighted by Crippen LogP contribution is -2.44. The van der Waals surface area contributed by atoms with Gasteiger partial charge in [0.2, 0.25) is 0 Å². The summed E-state index contributed by atoms with van der Waals surface area (Å²) in [4.78, 5) is 17.5. The van der Waals surface area contributed by atoms with E-state index in [-0.39, 0.29) is 5.91 Å². The molecule has 3 aromatic carbocycles. The summed E-state index contributed by atoms with van der Waals surface area (Å²) < 4.78 is 1.04. The molecule has 1 N–H and O–H groups in total. The molecule has 0 atom stereocenters. The topological polar surface area (TPSA) is 35.6 Å². The largest absolute Gasteiger partial charge is 0.368 e. The maximum atomic E-state index is 12.8. The molecule has 0 aromatic heterocycles. The second kappa shape index (κ2) is 8.74. The first-order valence-corrected chi connectivity index (χ1v) is 10.9. The minimum absolute atomic E-state index is 0.0776. The van der Waals surface area contributed by atoms with Gasteiger partial charge in [0.05, 0.1) is 0 Å². The Balaban J connectivity index is 1.59. The summed E-state index contributed by atoms with van der Waals surface area (Å²) in [5.74, 6) is -0.0776. The molecule has 4 rings (SSSR count). The molecule has 150 valence electrons. The van der Waals surface area contributed by atoms with Crippen LogP contribution in [-0.2, 0) is 6.54 Å². The normalized spacial score (nSPS) is 14.9. The molecule has 29 heavy (non-hydrogen) atoms. The predicted molar refractivity (Wildman–Crippen MR) is 124 cm³/mol. The Morgan fingerprint density at radius 2 is 1.72 bits per heavy atom. The monoisotopic (exact) mass is 471 g/mol. The summed E-state index contributed by atoms with van der Waals surface area (Å²) in [5.41, 5.74) is 2.87. The SMILES string of the molecule is CN1CCN(c2ccc(Br)c3ccc(C(=O)NCc4ccc(Cl)cc4)cc23)CC1. The highest BCUT2D eigenvalue weighted by Gasteiger charge is 2.18. The molecule has 0 spiro atoms. The van der Waals surface area contributed by atoms with Gasteiger partial charge in [-0.25, -0.2) is 0 Å². The van der Waals surface area contributed by atoms with Gasteiger partial charge >= 0.3 is 0 Å². The van der Waals surface area contributed by atoms with E-state index in [9.17, 15) is 4.79 Å². The lowest BCUT2D eigenvalue weighted by molar-refractivity contribution is 0.0951. The van der Waals surface area contributed by atoms with Crippen LogP contribution in [0, 0.1) is 0 Å². The number of halogens is 2. The highest BCUT2D eigenvalue weighted by Crippen LogP contribution is 2.33. The molecule has 1 saturated heterocycles. The van der Waals surface area contributed by atoms with Gasteiger partial charge < -0.3 is 15.1 Å². The molecule has 1 aliphatic heterocycles. The highest BCUT2D eigenvalue weighted by molar-refractivity contribution is 9.10. The van der Waals surface area contributed by atoms with E-state index in [0.29, 0.717) is 17.1 Å². The molecule has 0 aliphatic carbocycles. The molecule has 6 heteroatoms. The van der Waals surface area contributed by atoms with Crippen molar-refractivity contribution in [3.05, 3.63) is 75.2 Å². The molecule has 0 radical (unpaired) electrons. The fraction of sp³-hybridized carbons (Fsp3) is 0.261. The summed E-state index contributed by atoms with van der Waals surface area (Å²) in [6.07, 6.45) is 0. The fourth-order valence-corrected chi connectivity index (χ4v) is 4.25. The van der Waals surface area contributed by atoms with Crippen LogP contribution in [0.25, 0.3) is 10.8 Å². The molecule has 1 fully saturated rings. The first kappa shape index (κ1) is 20.2. The summed E-state index contributed by atoms with van der Waals surface area (Å²) in [7, 11) is 2.15. The van der Waals surface area contributed by atoms with E-state index in [1.807, 2.05) is 42.5 Å². The molecule has 1 heterocycles. The van der Waals surface area contributed by atoms with Crippen molar-refractivity contribution < 1.29 is 4.79 Å². The smallest absolute Gasteiger partial charge is 0.251 e. The van der Waals surface area contributed by atoms with Crippen molar-refractivity contribution in [1.29, 1.82) is 0 Å². The zero-order valence-electron chi connectivity index (χ0n) is 16.3. The zero-order valence-corrected chi connectivity index (χ0v) is 18.6. The van der Waals surface area contributed by atoms with Gasteiger partial charge in [0.1, 0.15) is 0 Å². The third kappa shape index (κ3) is 4.58. The Morgan fingerprint density at radius 3 is 2.45 bits per heavy atom. The Bertz CT molecular complexity index is 1030. The molecule has 0 saturated carbocycles. The van der Waals surface area contributed by atoms with E-state index >= 15 is 0 Å². The summed E-state index contributed by atoms with van der Waals surface area (Å²) in [6.45, 7) is 4.52. The third-order valence-electron chi connectivity index (χ3n) is 5.41. The molecule has 1 aliphatic rings. The number of carbonyl (C=O) groups is 1. The van der Waals surface area contributed by atoms with E-state index in [0.717, 1.165) is 47.0 Å². The number of carbonyl (C=O) groups excluding carboxylic acids is 1. The van der Waals surface area contributed by atoms with Gasteiger partial charge in [0, 0.05) is 58.9 Å². The number of amides is 1. The first-order chi connectivity index (χ1) is 14.0. The number of nitrogens with zero attached hydrogens (tertiary/aromatic N) is 2. The molecule has 0 unspecified atom stereocenters. The molecule has 4 nitrogen and oxygen atoms in total. The zero-order chi connectivity index (χ0) is 20.4. The molecular formula is C23H23BrClN3O. The van der Waals surface area contributed by atoms with Crippen LogP contribution in [-0.4, -0.2) is 44.0 Å². The fourth-order valence-electron chi connectivity index (χ4n) is 3.65. The summed E-state index contributed by atoms with van der Waals surface area (Å²) in [6, 6.07) is 17.7. The van der Waals surface area contributed by atoms with Gasteiger partial charge in [-0.2, -0.15) is 0 Å². The Labute approximate surface area is 184 Å². The van der Waals surface area contributed by atoms with Gasteiger partial charge in [-0.1, -0.05) is 45.7 Å². The number of hydrogen-bond acceptors (Lipinski definition) is 3. The van der Waals surface area contributed by atoms with Crippen LogP contribution in [0.1, 0.15) is 15.9 Å². The first-order valence-electron chi connectivity index (χ1n) is 9.70. The number of anilines is 1. The third-order valence-corrected chi connectivity index (χ3v) is 6.36. The van der Waals surface area contributed by atoms with Crippen molar-refractivity contribution in [2.24, 2.45) is 0 Å². The van der Waals surface area contributed by atoms with Crippen molar-refractivity contribution in [3.8, 4) is 0 Å². The second-order valence-corrected chi connectivity index (χ2v) is 8.72. The van der Waals surface area contributed by atoms with E-state index in [1.165, 1.54) is 5.69 Å². The number of benzene rings is 3. The van der Waals surface area contributed by atoms with Gasteiger partial charge in [-0.05, 0) is 54.4 Å². The summed E-state index contributed by atoms with van der Waals surface area (Å²) >= 11 is 9.58. The maximum Gasteiger partial charge on any atom is 0.251 e. The van der Waals surface area contributed by atoms with Gasteiger partial charge in [0.25, 0.3) is 5.91 Å². The van der Waals surface area contributed by atoms with E-state index in [4.69, 9.17) is 11.6 Å². The van der Waals surface area contributed by atoms with Gasteiger partial charge in [-0.15, -0.1) is 0 Å². The van der Waals surface area contributed by atoms with Gasteiger partial charge in [0.15, 0.2) is 0 Å². The Kier molecular flexibility index (Phi) is 6.09. The predicted octanol–water partition coefficient (Wildman–Crippen LogP) is 4.94. The van der Waals surface area contributed by atoms with Crippen molar-refractivity contribution in [2.45, 2.75) is 6.54 Å². The van der Waals surface area contributed by atoms with E-state index < -0.39 is 0 Å². The second-order valence-electron chi connectivity index (χ2n) is 7.43. The van der Waals surface area contributed by atoms with Crippen molar-refractivity contribution in [1.82, 2.24) is 10.2 Å². The Morgan fingerprint density at radius 1 is 1.00 bits per heavy atom. The van der Waals surface area contributed by atoms with Crippen LogP contribution < -0.4 is 10.2 Å². The lowest BCUT2D eigenvalue weighted by Gasteiger charge is -2.34. The van der Waals surface area contributed by atoms with Crippen molar-refractivity contribution >= 4 is 49.9 Å². The van der Waals surface area contributed by atoms with Crippen LogP contribution in [0.5, 0.6) is 0 Å². The number of nitrogens with one attached hydrogen (secondary N) is 1. The minimum Gasteiger partial charge on any atom is -0.368 e. The van der Waals surface area contributed by atoms with Crippen LogP contribution in [0.4, 0.5) is 5.69 Å². The number of hydrogen-bond donors (Lipinski definition) is 1. The van der Waals surface area contributed by atoms with Crippen molar-refractivity contribution in [2.75, 3.05) is 38.1 Å². The number of piperazine rings is 1. The van der Waals surface area contributed by atoms with Crippen LogP contribution >= 0.6 is 27.5 Å². The molecule has 3 aromatic rings. The average Bonchev–Trinajstić information content (AvgIpc) is 2.74. The lowest BCUT2D eigenvalue weighted by atomic mass is 10.0. The van der Waals surface area contributed by atoms with Gasteiger partial charge in [-0.3, -0.25) is 4.79 Å². The summed E-state index contributed by atoms with van der Waals surface area (Å²) in [5, 5.41) is 5.92. The number of fused-ring (bicyclic) bond motifs is 1. The maximum absolute atomic E-state index is 12.8. The average molecular weight is 473 g/mol.